The highest BCUT2D eigenvalue weighted by molar-refractivity contribution is 6.31. The number of aliphatic imine (C=N–C) groups is 2. The zero-order valence-corrected chi connectivity index (χ0v) is 12.4. The number of pyridine rings is 1. The van der Waals surface area contributed by atoms with Crippen LogP contribution >= 0.6 is 0 Å². The Hall–Kier alpha value is -1.80. The van der Waals surface area contributed by atoms with Crippen LogP contribution in [0, 0.1) is 0 Å². The number of morpholine rings is 1. The first-order valence-electron chi connectivity index (χ1n) is 7.48. The fourth-order valence-electron chi connectivity index (χ4n) is 2.51. The van der Waals surface area contributed by atoms with Crippen molar-refractivity contribution in [2.75, 3.05) is 19.7 Å². The Labute approximate surface area is 131 Å². The topological polar surface area (TPSA) is 58.9 Å². The summed E-state index contributed by atoms with van der Waals surface area (Å²) in [6.07, 6.45) is -1.35. The van der Waals surface area contributed by atoms with Gasteiger partial charge in [0.05, 0.1) is 29.9 Å². The molecule has 23 heavy (non-hydrogen) atoms. The lowest BCUT2D eigenvalue weighted by Crippen LogP contribution is -2.33. The maximum absolute atomic E-state index is 12.5. The molecule has 3 rings (SSSR count). The maximum atomic E-state index is 12.5. The summed E-state index contributed by atoms with van der Waals surface area (Å²) in [7, 11) is 0. The average Bonchev–Trinajstić information content (AvgIpc) is 2.56. The van der Waals surface area contributed by atoms with Crippen molar-refractivity contribution in [3.63, 3.8) is 0 Å². The predicted octanol–water partition coefficient (Wildman–Crippen LogP) is 2.61. The number of hydrogen-bond acceptors (Lipinski definition) is 5. The molecule has 0 spiro atoms. The van der Waals surface area contributed by atoms with Gasteiger partial charge >= 0.3 is 6.18 Å². The van der Waals surface area contributed by atoms with Crippen molar-refractivity contribution in [2.45, 2.75) is 31.2 Å². The molecular weight excluding hydrogens is 309 g/mol. The Morgan fingerprint density at radius 3 is 2.74 bits per heavy atom. The number of ether oxygens (including phenoxy) is 1. The third kappa shape index (κ3) is 4.14. The maximum Gasteiger partial charge on any atom is 0.410 e. The van der Waals surface area contributed by atoms with Gasteiger partial charge in [0, 0.05) is 19.3 Å². The van der Waals surface area contributed by atoms with Crippen molar-refractivity contribution in [2.24, 2.45) is 9.98 Å². The first-order valence-corrected chi connectivity index (χ1v) is 7.48. The molecule has 1 fully saturated rings. The monoisotopic (exact) mass is 326 g/mol. The highest BCUT2D eigenvalue weighted by Crippen LogP contribution is 2.28. The van der Waals surface area contributed by atoms with Gasteiger partial charge in [-0.3, -0.25) is 15.0 Å². The number of nitrogens with zero attached hydrogens (tertiary/aromatic N) is 3. The summed E-state index contributed by atoms with van der Waals surface area (Å²) < 4.78 is 43.2. The number of halogens is 3. The zero-order valence-electron chi connectivity index (χ0n) is 12.4. The summed E-state index contributed by atoms with van der Waals surface area (Å²) in [6, 6.07) is 2.00. The van der Waals surface area contributed by atoms with Crippen molar-refractivity contribution in [3.8, 4) is 0 Å². The number of rotatable bonds is 2. The van der Waals surface area contributed by atoms with Gasteiger partial charge in [0.1, 0.15) is 12.1 Å². The van der Waals surface area contributed by atoms with Crippen molar-refractivity contribution in [1.29, 1.82) is 0 Å². The van der Waals surface area contributed by atoms with E-state index in [2.05, 4.69) is 20.3 Å². The molecule has 5 nitrogen and oxygen atoms in total. The van der Waals surface area contributed by atoms with Crippen molar-refractivity contribution in [3.05, 3.63) is 24.0 Å². The number of nitrogens with one attached hydrogen (secondary N) is 1. The summed E-state index contributed by atoms with van der Waals surface area (Å²) >= 11 is 0. The van der Waals surface area contributed by atoms with Crippen LogP contribution in [0.5, 0.6) is 0 Å². The minimum atomic E-state index is -4.28. The molecule has 1 N–H and O–H groups in total. The molecule has 2 aliphatic heterocycles. The van der Waals surface area contributed by atoms with Crippen LogP contribution < -0.4 is 5.32 Å². The van der Waals surface area contributed by atoms with Crippen LogP contribution in [0.15, 0.2) is 28.3 Å². The van der Waals surface area contributed by atoms with Gasteiger partial charge < -0.3 is 10.1 Å². The second-order valence-corrected chi connectivity index (χ2v) is 5.48. The summed E-state index contributed by atoms with van der Waals surface area (Å²) in [6.45, 7) is 2.19. The third-order valence-corrected chi connectivity index (χ3v) is 3.76. The minimum absolute atomic E-state index is 0.0636. The van der Waals surface area contributed by atoms with Crippen LogP contribution in [0.3, 0.4) is 0 Å². The lowest BCUT2D eigenvalue weighted by atomic mass is 10.1. The Morgan fingerprint density at radius 1 is 1.30 bits per heavy atom. The van der Waals surface area contributed by atoms with Gasteiger partial charge in [-0.25, -0.2) is 0 Å². The van der Waals surface area contributed by atoms with E-state index in [0.29, 0.717) is 24.6 Å². The van der Waals surface area contributed by atoms with Gasteiger partial charge in [0.25, 0.3) is 0 Å². The number of alkyl halides is 3. The summed E-state index contributed by atoms with van der Waals surface area (Å²) in [4.78, 5) is 12.2. The van der Waals surface area contributed by atoms with Gasteiger partial charge in [-0.2, -0.15) is 13.2 Å². The first-order chi connectivity index (χ1) is 11.0. The fourth-order valence-corrected chi connectivity index (χ4v) is 2.51. The quantitative estimate of drug-likeness (QED) is 0.909. The van der Waals surface area contributed by atoms with Crippen LogP contribution in [0.25, 0.3) is 0 Å². The molecule has 0 bridgehead atoms. The molecule has 8 heteroatoms. The molecule has 0 radical (unpaired) electrons. The molecule has 2 aliphatic rings. The first kappa shape index (κ1) is 16.1. The molecule has 1 aromatic rings. The van der Waals surface area contributed by atoms with E-state index in [4.69, 9.17) is 4.74 Å². The summed E-state index contributed by atoms with van der Waals surface area (Å²) in [5.74, 6) is 0. The highest BCUT2D eigenvalue weighted by Gasteiger charge is 2.40. The molecule has 2 unspecified atom stereocenters. The van der Waals surface area contributed by atoms with Crippen LogP contribution in [-0.2, 0) is 4.74 Å². The largest absolute Gasteiger partial charge is 0.410 e. The SMILES string of the molecule is FC(F)(F)C1CCC(=Nc2ccc(C3CNCCO3)nc2)C=N1. The van der Waals surface area contributed by atoms with Crippen LogP contribution in [-0.4, -0.2) is 48.8 Å². The Kier molecular flexibility index (Phi) is 4.72. The fraction of sp³-hybridized carbons (Fsp3) is 0.533. The number of hydrogen-bond donors (Lipinski definition) is 1. The standard InChI is InChI=1S/C15H17F3N4O/c16-15(17,18)14-4-2-11(8-21-14)22-10-1-3-12(20-7-10)13-9-19-5-6-23-13/h1,3,7-8,13-14,19H,2,4-6,9H2. The highest BCUT2D eigenvalue weighted by atomic mass is 19.4. The smallest absolute Gasteiger partial charge is 0.369 e. The van der Waals surface area contributed by atoms with E-state index in [1.54, 1.807) is 12.3 Å². The Balaban J connectivity index is 1.66. The third-order valence-electron chi connectivity index (χ3n) is 3.76. The van der Waals surface area contributed by atoms with E-state index >= 15 is 0 Å². The summed E-state index contributed by atoms with van der Waals surface area (Å²) in [5, 5.41) is 3.23. The van der Waals surface area contributed by atoms with Crippen molar-refractivity contribution < 1.29 is 17.9 Å². The lowest BCUT2D eigenvalue weighted by Gasteiger charge is -2.23. The van der Waals surface area contributed by atoms with Crippen molar-refractivity contribution >= 4 is 17.6 Å². The average molecular weight is 326 g/mol. The summed E-state index contributed by atoms with van der Waals surface area (Å²) in [5.41, 5.74) is 1.95. The van der Waals surface area contributed by atoms with Crippen LogP contribution in [0.4, 0.5) is 18.9 Å². The van der Waals surface area contributed by atoms with Gasteiger partial charge in [-0.1, -0.05) is 0 Å². The minimum Gasteiger partial charge on any atom is -0.369 e. The van der Waals surface area contributed by atoms with Gasteiger partial charge in [0.2, 0.25) is 0 Å². The van der Waals surface area contributed by atoms with E-state index < -0.39 is 12.2 Å². The molecular formula is C15H17F3N4O. The Morgan fingerprint density at radius 2 is 2.17 bits per heavy atom. The number of aromatic nitrogens is 1. The molecule has 0 amide bonds. The predicted molar refractivity (Wildman–Crippen MR) is 80.5 cm³/mol. The van der Waals surface area contributed by atoms with E-state index in [1.165, 1.54) is 6.21 Å². The van der Waals surface area contributed by atoms with Crippen molar-refractivity contribution in [1.82, 2.24) is 10.3 Å². The van der Waals surface area contributed by atoms with E-state index in [9.17, 15) is 13.2 Å². The molecule has 124 valence electrons. The molecule has 0 aliphatic carbocycles. The van der Waals surface area contributed by atoms with Gasteiger partial charge in [-0.15, -0.1) is 0 Å². The van der Waals surface area contributed by atoms with E-state index in [1.807, 2.05) is 6.07 Å². The second-order valence-electron chi connectivity index (χ2n) is 5.48. The normalized spacial score (nSPS) is 27.3. The van der Waals surface area contributed by atoms with Crippen LogP contribution in [0.2, 0.25) is 0 Å². The zero-order chi connectivity index (χ0) is 16.3. The molecule has 0 aromatic carbocycles. The Bertz CT molecular complexity index is 592. The van der Waals surface area contributed by atoms with E-state index in [-0.39, 0.29) is 18.9 Å². The lowest BCUT2D eigenvalue weighted by molar-refractivity contribution is -0.147. The molecule has 3 heterocycles. The van der Waals surface area contributed by atoms with Gasteiger partial charge in [-0.05, 0) is 25.0 Å². The second kappa shape index (κ2) is 6.76. The van der Waals surface area contributed by atoms with Gasteiger partial charge in [0.15, 0.2) is 0 Å². The van der Waals surface area contributed by atoms with E-state index in [0.717, 1.165) is 12.2 Å². The molecule has 2 atom stereocenters. The van der Waals surface area contributed by atoms with Crippen LogP contribution in [0.1, 0.15) is 24.6 Å². The molecule has 1 aromatic heterocycles. The molecule has 0 saturated carbocycles. The molecule has 1 saturated heterocycles.